The fraction of sp³-hybridized carbons (Fsp3) is 0.200. The zero-order chi connectivity index (χ0) is 13.8. The molecule has 1 atom stereocenters. The lowest BCUT2D eigenvalue weighted by atomic mass is 10.0. The van der Waals surface area contributed by atoms with Gasteiger partial charge in [0.25, 0.3) is 0 Å². The van der Waals surface area contributed by atoms with E-state index < -0.39 is 0 Å². The van der Waals surface area contributed by atoms with Gasteiger partial charge in [0.15, 0.2) is 0 Å². The number of hydrogen-bond donors (Lipinski definition) is 1. The van der Waals surface area contributed by atoms with Crippen LogP contribution >= 0.6 is 27.5 Å². The zero-order valence-electron chi connectivity index (χ0n) is 10.5. The standard InChI is InChI=1S/C15H14BrClFN/c1-2-15(10-4-3-5-11(17)8-10)19-12-6-7-13(16)14(18)9-12/h3-9,15,19H,2H2,1H3. The largest absolute Gasteiger partial charge is 0.378 e. The van der Waals surface area contributed by atoms with Crippen LogP contribution in [0.5, 0.6) is 0 Å². The number of nitrogens with one attached hydrogen (secondary N) is 1. The highest BCUT2D eigenvalue weighted by Crippen LogP contribution is 2.26. The molecular formula is C15H14BrClFN. The van der Waals surface area contributed by atoms with Crippen molar-refractivity contribution in [2.45, 2.75) is 19.4 Å². The molecule has 0 aliphatic rings. The maximum Gasteiger partial charge on any atom is 0.139 e. The molecule has 100 valence electrons. The van der Waals surface area contributed by atoms with Crippen molar-refractivity contribution in [3.63, 3.8) is 0 Å². The summed E-state index contributed by atoms with van der Waals surface area (Å²) in [6.07, 6.45) is 0.887. The van der Waals surface area contributed by atoms with Crippen molar-refractivity contribution >= 4 is 33.2 Å². The van der Waals surface area contributed by atoms with Crippen LogP contribution in [0, 0.1) is 5.82 Å². The lowest BCUT2D eigenvalue weighted by Gasteiger charge is -2.19. The van der Waals surface area contributed by atoms with Gasteiger partial charge in [-0.25, -0.2) is 4.39 Å². The van der Waals surface area contributed by atoms with Crippen LogP contribution in [-0.4, -0.2) is 0 Å². The number of rotatable bonds is 4. The summed E-state index contributed by atoms with van der Waals surface area (Å²) in [5.41, 5.74) is 1.85. The van der Waals surface area contributed by atoms with Crippen molar-refractivity contribution in [3.8, 4) is 0 Å². The Balaban J connectivity index is 2.21. The molecular weight excluding hydrogens is 329 g/mol. The highest BCUT2D eigenvalue weighted by molar-refractivity contribution is 9.10. The Morgan fingerprint density at radius 2 is 2.05 bits per heavy atom. The fourth-order valence-electron chi connectivity index (χ4n) is 1.93. The Morgan fingerprint density at radius 1 is 1.26 bits per heavy atom. The van der Waals surface area contributed by atoms with Crippen LogP contribution in [0.25, 0.3) is 0 Å². The summed E-state index contributed by atoms with van der Waals surface area (Å²) >= 11 is 9.15. The van der Waals surface area contributed by atoms with Crippen LogP contribution in [0.4, 0.5) is 10.1 Å². The summed E-state index contributed by atoms with van der Waals surface area (Å²) in [4.78, 5) is 0. The van der Waals surface area contributed by atoms with Gasteiger partial charge in [-0.15, -0.1) is 0 Å². The second-order valence-electron chi connectivity index (χ2n) is 4.29. The van der Waals surface area contributed by atoms with Gasteiger partial charge < -0.3 is 5.32 Å². The second kappa shape index (κ2) is 6.40. The molecule has 0 saturated carbocycles. The third-order valence-corrected chi connectivity index (χ3v) is 3.80. The minimum Gasteiger partial charge on any atom is -0.378 e. The molecule has 1 N–H and O–H groups in total. The number of hydrogen-bond acceptors (Lipinski definition) is 1. The number of benzene rings is 2. The van der Waals surface area contributed by atoms with Gasteiger partial charge >= 0.3 is 0 Å². The molecule has 0 aromatic heterocycles. The fourth-order valence-corrected chi connectivity index (χ4v) is 2.38. The summed E-state index contributed by atoms with van der Waals surface area (Å²) in [7, 11) is 0. The predicted molar refractivity (Wildman–Crippen MR) is 82.2 cm³/mol. The van der Waals surface area contributed by atoms with Crippen LogP contribution in [0.3, 0.4) is 0 Å². The molecule has 1 unspecified atom stereocenters. The highest BCUT2D eigenvalue weighted by atomic mass is 79.9. The van der Waals surface area contributed by atoms with Crippen LogP contribution in [-0.2, 0) is 0 Å². The first-order valence-corrected chi connectivity index (χ1v) is 7.24. The molecule has 0 bridgehead atoms. The summed E-state index contributed by atoms with van der Waals surface area (Å²) in [5.74, 6) is -0.272. The Kier molecular flexibility index (Phi) is 4.83. The Hall–Kier alpha value is -1.06. The van der Waals surface area contributed by atoms with Crippen LogP contribution < -0.4 is 5.32 Å². The Bertz CT molecular complexity index is 574. The van der Waals surface area contributed by atoms with Gasteiger partial charge in [-0.2, -0.15) is 0 Å². The minimum atomic E-state index is -0.272. The van der Waals surface area contributed by atoms with Crippen molar-refractivity contribution in [1.29, 1.82) is 0 Å². The van der Waals surface area contributed by atoms with E-state index in [1.165, 1.54) is 6.07 Å². The quantitative estimate of drug-likeness (QED) is 0.740. The van der Waals surface area contributed by atoms with E-state index in [0.717, 1.165) is 17.7 Å². The molecule has 0 aliphatic carbocycles. The second-order valence-corrected chi connectivity index (χ2v) is 5.58. The average Bonchev–Trinajstić information content (AvgIpc) is 2.40. The van der Waals surface area contributed by atoms with Crippen LogP contribution in [0.2, 0.25) is 5.02 Å². The number of halogens is 3. The molecule has 0 fully saturated rings. The van der Waals surface area contributed by atoms with E-state index >= 15 is 0 Å². The van der Waals surface area contributed by atoms with Gasteiger partial charge in [-0.1, -0.05) is 30.7 Å². The molecule has 0 spiro atoms. The summed E-state index contributed by atoms with van der Waals surface area (Å²) in [6.45, 7) is 2.08. The van der Waals surface area contributed by atoms with Crippen molar-refractivity contribution < 1.29 is 4.39 Å². The van der Waals surface area contributed by atoms with Crippen LogP contribution in [0.1, 0.15) is 24.9 Å². The van der Waals surface area contributed by atoms with E-state index in [1.54, 1.807) is 6.07 Å². The van der Waals surface area contributed by atoms with Gasteiger partial charge in [0.1, 0.15) is 5.82 Å². The lowest BCUT2D eigenvalue weighted by molar-refractivity contribution is 0.620. The normalized spacial score (nSPS) is 12.2. The molecule has 0 radical (unpaired) electrons. The Labute approximate surface area is 125 Å². The van der Waals surface area contributed by atoms with Crippen molar-refractivity contribution in [3.05, 3.63) is 63.3 Å². The molecule has 0 saturated heterocycles. The maximum absolute atomic E-state index is 13.5. The molecule has 4 heteroatoms. The maximum atomic E-state index is 13.5. The topological polar surface area (TPSA) is 12.0 Å². The third-order valence-electron chi connectivity index (χ3n) is 2.92. The molecule has 1 nitrogen and oxygen atoms in total. The molecule has 0 aliphatic heterocycles. The minimum absolute atomic E-state index is 0.110. The van der Waals surface area contributed by atoms with Gasteiger partial charge in [-0.05, 0) is 58.2 Å². The molecule has 2 rings (SSSR count). The number of anilines is 1. The monoisotopic (exact) mass is 341 g/mol. The van der Waals surface area contributed by atoms with Gasteiger partial charge in [-0.3, -0.25) is 0 Å². The van der Waals surface area contributed by atoms with E-state index in [1.807, 2.05) is 30.3 Å². The zero-order valence-corrected chi connectivity index (χ0v) is 12.8. The van der Waals surface area contributed by atoms with Crippen molar-refractivity contribution in [2.75, 3.05) is 5.32 Å². The SMILES string of the molecule is CCC(Nc1ccc(Br)c(F)c1)c1cccc(Cl)c1. The average molecular weight is 343 g/mol. The highest BCUT2D eigenvalue weighted by Gasteiger charge is 2.10. The van der Waals surface area contributed by atoms with Crippen molar-refractivity contribution in [1.82, 2.24) is 0 Å². The first kappa shape index (κ1) is 14.4. The van der Waals surface area contributed by atoms with Crippen LogP contribution in [0.15, 0.2) is 46.9 Å². The van der Waals surface area contributed by atoms with E-state index in [0.29, 0.717) is 9.50 Å². The first-order valence-electron chi connectivity index (χ1n) is 6.07. The smallest absolute Gasteiger partial charge is 0.139 e. The predicted octanol–water partition coefficient (Wildman–Crippen LogP) is 5.80. The first-order chi connectivity index (χ1) is 9.10. The summed E-state index contributed by atoms with van der Waals surface area (Å²) < 4.78 is 14.0. The van der Waals surface area contributed by atoms with Gasteiger partial charge in [0.05, 0.1) is 10.5 Å². The third kappa shape index (κ3) is 3.71. The van der Waals surface area contributed by atoms with E-state index in [4.69, 9.17) is 11.6 Å². The molecule has 0 amide bonds. The van der Waals surface area contributed by atoms with Gasteiger partial charge in [0.2, 0.25) is 0 Å². The Morgan fingerprint density at radius 3 is 2.68 bits per heavy atom. The summed E-state index contributed by atoms with van der Waals surface area (Å²) in [6, 6.07) is 12.8. The molecule has 2 aromatic rings. The molecule has 19 heavy (non-hydrogen) atoms. The summed E-state index contributed by atoms with van der Waals surface area (Å²) in [5, 5.41) is 4.03. The van der Waals surface area contributed by atoms with E-state index in [9.17, 15) is 4.39 Å². The molecule has 0 heterocycles. The van der Waals surface area contributed by atoms with Gasteiger partial charge in [0, 0.05) is 10.7 Å². The van der Waals surface area contributed by atoms with Crippen molar-refractivity contribution in [2.24, 2.45) is 0 Å². The molecule has 2 aromatic carbocycles. The van der Waals surface area contributed by atoms with E-state index in [2.05, 4.69) is 28.2 Å². The lowest BCUT2D eigenvalue weighted by Crippen LogP contribution is -2.09. The van der Waals surface area contributed by atoms with E-state index in [-0.39, 0.29) is 11.9 Å².